The van der Waals surface area contributed by atoms with Gasteiger partial charge in [-0.2, -0.15) is 10.2 Å². The molecule has 2 aliphatic rings. The number of fused-ring (bicyclic) bond motifs is 5. The Kier molecular flexibility index (Phi) is 5.47. The van der Waals surface area contributed by atoms with Crippen LogP contribution in [0.2, 0.25) is 0 Å². The van der Waals surface area contributed by atoms with Crippen LogP contribution in [0.4, 0.5) is 0 Å². The highest BCUT2D eigenvalue weighted by atomic mass is 16.5. The average Bonchev–Trinajstić information content (AvgIpc) is 3.50. The predicted molar refractivity (Wildman–Crippen MR) is 128 cm³/mol. The van der Waals surface area contributed by atoms with E-state index in [1.165, 1.54) is 29.4 Å². The molecule has 0 bridgehead atoms. The maximum absolute atomic E-state index is 6.39. The molecule has 1 fully saturated rings. The Balaban J connectivity index is 1.41. The normalized spacial score (nSPS) is 17.0. The lowest BCUT2D eigenvalue weighted by Crippen LogP contribution is -2.37. The lowest BCUT2D eigenvalue weighted by Gasteiger charge is -2.26. The van der Waals surface area contributed by atoms with E-state index in [0.717, 1.165) is 91.2 Å². The van der Waals surface area contributed by atoms with Gasteiger partial charge in [-0.15, -0.1) is 0 Å². The van der Waals surface area contributed by atoms with Crippen molar-refractivity contribution in [2.24, 2.45) is 0 Å². The predicted octanol–water partition coefficient (Wildman–Crippen LogP) is 3.79. The summed E-state index contributed by atoms with van der Waals surface area (Å²) < 4.78 is 11.8. The molecule has 4 aromatic rings. The molecule has 0 amide bonds. The summed E-state index contributed by atoms with van der Waals surface area (Å²) in [5.41, 5.74) is 7.87. The van der Waals surface area contributed by atoms with Crippen molar-refractivity contribution in [1.29, 1.82) is 0 Å². The van der Waals surface area contributed by atoms with Crippen LogP contribution in [-0.2, 0) is 17.6 Å². The fourth-order valence-corrected chi connectivity index (χ4v) is 5.31. The van der Waals surface area contributed by atoms with Crippen molar-refractivity contribution in [3.05, 3.63) is 35.3 Å². The number of hydrogen-bond donors (Lipinski definition) is 2. The van der Waals surface area contributed by atoms with Crippen molar-refractivity contribution in [3.63, 3.8) is 0 Å². The van der Waals surface area contributed by atoms with Gasteiger partial charge < -0.3 is 9.47 Å². The van der Waals surface area contributed by atoms with Crippen molar-refractivity contribution in [2.75, 3.05) is 39.5 Å². The van der Waals surface area contributed by atoms with E-state index < -0.39 is 0 Å². The molecule has 0 atom stereocenters. The summed E-state index contributed by atoms with van der Waals surface area (Å²) in [6.07, 6.45) is 9.29. The number of morpholine rings is 1. The number of nitrogens with one attached hydrogen (secondary N) is 2. The van der Waals surface area contributed by atoms with Crippen LogP contribution in [0.25, 0.3) is 33.1 Å². The molecule has 0 unspecified atom stereocenters. The number of aromatic nitrogens is 5. The van der Waals surface area contributed by atoms with E-state index in [4.69, 9.17) is 14.5 Å². The topological polar surface area (TPSA) is 92.0 Å². The number of hydrogen-bond acceptors (Lipinski definition) is 6. The summed E-state index contributed by atoms with van der Waals surface area (Å²) in [4.78, 5) is 7.68. The van der Waals surface area contributed by atoms with Gasteiger partial charge in [0.15, 0.2) is 0 Å². The lowest BCUT2D eigenvalue weighted by atomic mass is 9.85. The van der Waals surface area contributed by atoms with Gasteiger partial charge in [0.05, 0.1) is 43.4 Å². The first-order valence-electron chi connectivity index (χ1n) is 12.0. The maximum atomic E-state index is 6.39. The molecular weight excluding hydrogens is 416 g/mol. The van der Waals surface area contributed by atoms with E-state index in [0.29, 0.717) is 6.61 Å². The van der Waals surface area contributed by atoms with Gasteiger partial charge in [0.2, 0.25) is 0 Å². The number of aromatic amines is 2. The largest absolute Gasteiger partial charge is 0.491 e. The Morgan fingerprint density at radius 2 is 1.88 bits per heavy atom. The summed E-state index contributed by atoms with van der Waals surface area (Å²) in [5, 5.41) is 17.2. The fourth-order valence-electron chi connectivity index (χ4n) is 5.31. The standard InChI is InChI=1S/C25H30N6O2/c1-16-19(14-26-29-16)24-18-6-3-2-5-17(18)23-20-15-27-30-21(20)13-22(25(23)28-24)33-10-4-7-31-8-11-32-12-9-31/h13-15H,2-12H2,1H3,(H,26,29)(H,27,30). The highest BCUT2D eigenvalue weighted by molar-refractivity contribution is 6.10. The highest BCUT2D eigenvalue weighted by Crippen LogP contribution is 2.41. The zero-order valence-corrected chi connectivity index (χ0v) is 19.1. The molecule has 2 N–H and O–H groups in total. The minimum Gasteiger partial charge on any atom is -0.491 e. The van der Waals surface area contributed by atoms with E-state index in [1.807, 2.05) is 12.4 Å². The van der Waals surface area contributed by atoms with Gasteiger partial charge in [-0.3, -0.25) is 15.1 Å². The fraction of sp³-hybridized carbons (Fsp3) is 0.480. The first-order valence-corrected chi connectivity index (χ1v) is 12.0. The molecule has 1 aromatic carbocycles. The van der Waals surface area contributed by atoms with Crippen LogP contribution in [-0.4, -0.2) is 69.7 Å². The van der Waals surface area contributed by atoms with Crippen LogP contribution in [0.5, 0.6) is 5.75 Å². The number of rotatable bonds is 6. The molecular formula is C25H30N6O2. The Bertz CT molecular complexity index is 1290. The van der Waals surface area contributed by atoms with E-state index >= 15 is 0 Å². The van der Waals surface area contributed by atoms with Crippen LogP contribution in [0, 0.1) is 6.92 Å². The molecule has 6 rings (SSSR count). The second-order valence-corrected chi connectivity index (χ2v) is 9.12. The molecule has 0 saturated carbocycles. The summed E-state index contributed by atoms with van der Waals surface area (Å²) in [6.45, 7) is 7.40. The van der Waals surface area contributed by atoms with Crippen molar-refractivity contribution in [2.45, 2.75) is 39.0 Å². The second kappa shape index (κ2) is 8.76. The third kappa shape index (κ3) is 3.77. The molecule has 33 heavy (non-hydrogen) atoms. The van der Waals surface area contributed by atoms with Crippen molar-refractivity contribution in [1.82, 2.24) is 30.3 Å². The summed E-state index contributed by atoms with van der Waals surface area (Å²) >= 11 is 0. The number of ether oxygens (including phenoxy) is 2. The Labute approximate surface area is 192 Å². The average molecular weight is 447 g/mol. The summed E-state index contributed by atoms with van der Waals surface area (Å²) in [6, 6.07) is 2.06. The van der Waals surface area contributed by atoms with Crippen LogP contribution in [0.1, 0.15) is 36.1 Å². The first kappa shape index (κ1) is 20.6. The molecule has 1 aliphatic heterocycles. The molecule has 0 radical (unpaired) electrons. The smallest absolute Gasteiger partial charge is 0.147 e. The molecule has 0 spiro atoms. The Morgan fingerprint density at radius 1 is 1.06 bits per heavy atom. The number of benzene rings is 1. The number of pyridine rings is 1. The SMILES string of the molecule is Cc1[nH]ncc1-c1nc2c(OCCCN3CCOCC3)cc3[nH]ncc3c2c2c1CCCC2. The van der Waals surface area contributed by atoms with E-state index in [-0.39, 0.29) is 0 Å². The van der Waals surface area contributed by atoms with Gasteiger partial charge in [0.1, 0.15) is 11.3 Å². The number of H-pyrrole nitrogens is 2. The molecule has 4 heterocycles. The third-order valence-corrected chi connectivity index (χ3v) is 7.03. The van der Waals surface area contributed by atoms with Crippen LogP contribution >= 0.6 is 0 Å². The maximum Gasteiger partial charge on any atom is 0.147 e. The molecule has 1 aliphatic carbocycles. The van der Waals surface area contributed by atoms with Gasteiger partial charge in [0, 0.05) is 47.7 Å². The van der Waals surface area contributed by atoms with Crippen molar-refractivity contribution < 1.29 is 9.47 Å². The van der Waals surface area contributed by atoms with Gasteiger partial charge in [-0.05, 0) is 50.2 Å². The Morgan fingerprint density at radius 3 is 2.70 bits per heavy atom. The van der Waals surface area contributed by atoms with E-state index in [1.54, 1.807) is 0 Å². The van der Waals surface area contributed by atoms with Gasteiger partial charge in [-0.1, -0.05) is 0 Å². The van der Waals surface area contributed by atoms with E-state index in [9.17, 15) is 0 Å². The van der Waals surface area contributed by atoms with E-state index in [2.05, 4.69) is 38.3 Å². The zero-order chi connectivity index (χ0) is 22.2. The van der Waals surface area contributed by atoms with Gasteiger partial charge in [0.25, 0.3) is 0 Å². The monoisotopic (exact) mass is 446 g/mol. The minimum absolute atomic E-state index is 0.658. The molecule has 8 nitrogen and oxygen atoms in total. The van der Waals surface area contributed by atoms with Crippen molar-refractivity contribution in [3.8, 4) is 17.0 Å². The third-order valence-electron chi connectivity index (χ3n) is 7.03. The van der Waals surface area contributed by atoms with Crippen LogP contribution in [0.15, 0.2) is 18.5 Å². The molecule has 172 valence electrons. The van der Waals surface area contributed by atoms with Gasteiger partial charge in [-0.25, -0.2) is 4.98 Å². The van der Waals surface area contributed by atoms with Crippen LogP contribution in [0.3, 0.4) is 0 Å². The first-order chi connectivity index (χ1) is 16.3. The van der Waals surface area contributed by atoms with Gasteiger partial charge >= 0.3 is 0 Å². The number of nitrogens with zero attached hydrogens (tertiary/aromatic N) is 4. The zero-order valence-electron chi connectivity index (χ0n) is 19.1. The van der Waals surface area contributed by atoms with Crippen LogP contribution < -0.4 is 4.74 Å². The summed E-state index contributed by atoms with van der Waals surface area (Å²) in [7, 11) is 0. The molecule has 8 heteroatoms. The molecule has 1 saturated heterocycles. The minimum atomic E-state index is 0.658. The lowest BCUT2D eigenvalue weighted by molar-refractivity contribution is 0.0358. The summed E-state index contributed by atoms with van der Waals surface area (Å²) in [5.74, 6) is 0.833. The number of aryl methyl sites for hydroxylation is 2. The Hall–Kier alpha value is -2.97. The highest BCUT2D eigenvalue weighted by Gasteiger charge is 2.24. The second-order valence-electron chi connectivity index (χ2n) is 9.12. The quantitative estimate of drug-likeness (QED) is 0.438. The van der Waals surface area contributed by atoms with Crippen molar-refractivity contribution >= 4 is 21.8 Å². The molecule has 3 aromatic heterocycles.